The predicted octanol–water partition coefficient (Wildman–Crippen LogP) is 4.15. The lowest BCUT2D eigenvalue weighted by atomic mass is 9.83. The number of ketones is 1. The lowest BCUT2D eigenvalue weighted by Gasteiger charge is -2.25. The lowest BCUT2D eigenvalue weighted by molar-refractivity contribution is -0.138. The molecule has 28 heavy (non-hydrogen) atoms. The quantitative estimate of drug-likeness (QED) is 0.406. The number of Topliss-reactive ketones (excluding diaryl/α,β-unsaturated/α-hetero) is 1. The van der Waals surface area contributed by atoms with Crippen molar-refractivity contribution in [2.24, 2.45) is 23.0 Å². The van der Waals surface area contributed by atoms with Crippen molar-refractivity contribution in [1.82, 2.24) is 0 Å². The van der Waals surface area contributed by atoms with Crippen LogP contribution in [0.2, 0.25) is 0 Å². The summed E-state index contributed by atoms with van der Waals surface area (Å²) in [5.41, 5.74) is 5.96. The van der Waals surface area contributed by atoms with Gasteiger partial charge in [-0.1, -0.05) is 48.5 Å². The molecule has 2 N–H and O–H groups in total. The number of hydrogen-bond acceptors (Lipinski definition) is 6. The fraction of sp³-hybridized carbons (Fsp3) is 0.591. The molecule has 0 aliphatic carbocycles. The molecule has 1 atom stereocenters. The molecule has 0 saturated heterocycles. The first-order chi connectivity index (χ1) is 12.8. The van der Waals surface area contributed by atoms with E-state index in [0.717, 1.165) is 0 Å². The van der Waals surface area contributed by atoms with Crippen LogP contribution in [0.5, 0.6) is 11.5 Å². The highest BCUT2D eigenvalue weighted by molar-refractivity contribution is 6.01. The van der Waals surface area contributed by atoms with E-state index in [0.29, 0.717) is 5.56 Å². The summed E-state index contributed by atoms with van der Waals surface area (Å²) in [6.07, 6.45) is 0.439. The van der Waals surface area contributed by atoms with Gasteiger partial charge < -0.3 is 15.2 Å². The minimum atomic E-state index is -0.721. The van der Waals surface area contributed by atoms with Crippen molar-refractivity contribution >= 4 is 17.7 Å². The van der Waals surface area contributed by atoms with Crippen molar-refractivity contribution in [1.29, 1.82) is 0 Å². The molecule has 0 fully saturated rings. The van der Waals surface area contributed by atoms with E-state index in [1.54, 1.807) is 0 Å². The molecule has 0 saturated carbocycles. The highest BCUT2D eigenvalue weighted by Crippen LogP contribution is 2.31. The van der Waals surface area contributed by atoms with Gasteiger partial charge in [-0.2, -0.15) is 0 Å². The van der Waals surface area contributed by atoms with Gasteiger partial charge in [0.2, 0.25) is 0 Å². The highest BCUT2D eigenvalue weighted by atomic mass is 16.6. The van der Waals surface area contributed by atoms with Gasteiger partial charge in [-0.25, -0.2) is 0 Å². The summed E-state index contributed by atoms with van der Waals surface area (Å²) in [5.74, 6) is -0.752. The van der Waals surface area contributed by atoms with Crippen molar-refractivity contribution in [2.45, 2.75) is 67.3 Å². The number of rotatable bonds is 8. The Morgan fingerprint density at radius 3 is 1.79 bits per heavy atom. The van der Waals surface area contributed by atoms with Gasteiger partial charge in [0.25, 0.3) is 0 Å². The number of nitrogens with two attached hydrogens (primary N) is 1. The summed E-state index contributed by atoms with van der Waals surface area (Å²) in [7, 11) is 0. The predicted molar refractivity (Wildman–Crippen MR) is 108 cm³/mol. The average Bonchev–Trinajstić information content (AvgIpc) is 2.52. The molecule has 156 valence electrons. The first-order valence-electron chi connectivity index (χ1n) is 9.66. The van der Waals surface area contributed by atoms with Gasteiger partial charge in [0.05, 0.1) is 6.04 Å². The number of carbonyl (C=O) groups excluding carboxylic acids is 3. The van der Waals surface area contributed by atoms with E-state index in [9.17, 15) is 14.4 Å². The standard InChI is InChI=1S/C22H33NO5/c1-13(2)10-18(24)27-16-9-8-15(20(26)21(23)22(5,6)7)12-17(16)28-19(25)11-14(3)4/h8-9,12-14,21H,10-11,23H2,1-7H3. The van der Waals surface area contributed by atoms with Crippen molar-refractivity contribution in [3.8, 4) is 11.5 Å². The molecule has 1 aromatic rings. The minimum absolute atomic E-state index is 0.0507. The SMILES string of the molecule is CC(C)CC(=O)Oc1ccc(C(=O)C(N)C(C)(C)C)cc1OC(=O)CC(C)C. The zero-order valence-corrected chi connectivity index (χ0v) is 18.0. The molecule has 0 spiro atoms. The second-order valence-electron chi connectivity index (χ2n) is 9.01. The van der Waals surface area contributed by atoms with Gasteiger partial charge in [0.1, 0.15) is 0 Å². The van der Waals surface area contributed by atoms with Crippen LogP contribution in [0.1, 0.15) is 71.7 Å². The largest absolute Gasteiger partial charge is 0.423 e. The van der Waals surface area contributed by atoms with Crippen LogP contribution < -0.4 is 15.2 Å². The Balaban J connectivity index is 3.20. The van der Waals surface area contributed by atoms with Crippen molar-refractivity contribution in [3.05, 3.63) is 23.8 Å². The van der Waals surface area contributed by atoms with E-state index in [4.69, 9.17) is 15.2 Å². The molecule has 0 aromatic heterocycles. The third-order valence-electron chi connectivity index (χ3n) is 4.04. The molecule has 0 aliphatic rings. The van der Waals surface area contributed by atoms with Crippen LogP contribution in [0, 0.1) is 17.3 Å². The number of ether oxygens (including phenoxy) is 2. The Bertz CT molecular complexity index is 716. The van der Waals surface area contributed by atoms with Gasteiger partial charge >= 0.3 is 11.9 Å². The van der Waals surface area contributed by atoms with Crippen LogP contribution in [0.25, 0.3) is 0 Å². The lowest BCUT2D eigenvalue weighted by Crippen LogP contribution is -2.42. The number of esters is 2. The molecule has 1 aromatic carbocycles. The molecule has 6 nitrogen and oxygen atoms in total. The third-order valence-corrected chi connectivity index (χ3v) is 4.04. The van der Waals surface area contributed by atoms with E-state index < -0.39 is 23.4 Å². The normalized spacial score (nSPS) is 12.8. The zero-order chi connectivity index (χ0) is 21.6. The average molecular weight is 392 g/mol. The van der Waals surface area contributed by atoms with Gasteiger partial charge in [-0.3, -0.25) is 14.4 Å². The Labute approximate surface area is 167 Å². The van der Waals surface area contributed by atoms with Crippen molar-refractivity contribution in [3.63, 3.8) is 0 Å². The zero-order valence-electron chi connectivity index (χ0n) is 18.0. The van der Waals surface area contributed by atoms with Crippen molar-refractivity contribution in [2.75, 3.05) is 0 Å². The van der Waals surface area contributed by atoms with E-state index in [1.807, 2.05) is 48.5 Å². The maximum absolute atomic E-state index is 12.7. The summed E-state index contributed by atoms with van der Waals surface area (Å²) in [5, 5.41) is 0. The second kappa shape index (κ2) is 9.82. The van der Waals surface area contributed by atoms with Gasteiger partial charge in [0.15, 0.2) is 17.3 Å². The maximum Gasteiger partial charge on any atom is 0.311 e. The van der Waals surface area contributed by atoms with Crippen LogP contribution >= 0.6 is 0 Å². The maximum atomic E-state index is 12.7. The van der Waals surface area contributed by atoms with Crippen LogP contribution in [-0.4, -0.2) is 23.8 Å². The number of carbonyl (C=O) groups is 3. The van der Waals surface area contributed by atoms with E-state index in [2.05, 4.69) is 0 Å². The first-order valence-corrected chi connectivity index (χ1v) is 9.66. The Morgan fingerprint density at radius 1 is 0.893 bits per heavy atom. The smallest absolute Gasteiger partial charge is 0.311 e. The minimum Gasteiger partial charge on any atom is -0.423 e. The monoisotopic (exact) mass is 391 g/mol. The van der Waals surface area contributed by atoms with E-state index in [1.165, 1.54) is 18.2 Å². The molecule has 0 aliphatic heterocycles. The molecule has 0 amide bonds. The van der Waals surface area contributed by atoms with Crippen LogP contribution in [-0.2, 0) is 9.59 Å². The molecule has 6 heteroatoms. The molecule has 1 unspecified atom stereocenters. The van der Waals surface area contributed by atoms with Gasteiger partial charge in [-0.15, -0.1) is 0 Å². The summed E-state index contributed by atoms with van der Waals surface area (Å²) < 4.78 is 10.8. The second-order valence-corrected chi connectivity index (χ2v) is 9.01. The summed E-state index contributed by atoms with van der Waals surface area (Å²) in [6, 6.07) is 3.70. The molecule has 0 heterocycles. The molecular formula is C22H33NO5. The number of hydrogen-bond donors (Lipinski definition) is 1. The third kappa shape index (κ3) is 7.43. The fourth-order valence-corrected chi connectivity index (χ4v) is 2.39. The highest BCUT2D eigenvalue weighted by Gasteiger charge is 2.29. The Kier molecular flexibility index (Phi) is 8.36. The van der Waals surface area contributed by atoms with Crippen molar-refractivity contribution < 1.29 is 23.9 Å². The van der Waals surface area contributed by atoms with Gasteiger partial charge in [-0.05, 0) is 35.4 Å². The summed E-state index contributed by atoms with van der Waals surface area (Å²) >= 11 is 0. The van der Waals surface area contributed by atoms with E-state index in [-0.39, 0.29) is 42.0 Å². The van der Waals surface area contributed by atoms with Crippen LogP contribution in [0.4, 0.5) is 0 Å². The van der Waals surface area contributed by atoms with Gasteiger partial charge in [0, 0.05) is 18.4 Å². The Morgan fingerprint density at radius 2 is 1.36 bits per heavy atom. The molecular weight excluding hydrogens is 358 g/mol. The number of benzene rings is 1. The Hall–Kier alpha value is -2.21. The first kappa shape index (κ1) is 23.8. The van der Waals surface area contributed by atoms with Crippen LogP contribution in [0.15, 0.2) is 18.2 Å². The fourth-order valence-electron chi connectivity index (χ4n) is 2.39. The molecule has 0 radical (unpaired) electrons. The van der Waals surface area contributed by atoms with Crippen LogP contribution in [0.3, 0.4) is 0 Å². The molecule has 1 rings (SSSR count). The summed E-state index contributed by atoms with van der Waals surface area (Å²) in [4.78, 5) is 36.9. The summed E-state index contributed by atoms with van der Waals surface area (Å²) in [6.45, 7) is 13.2. The van der Waals surface area contributed by atoms with E-state index >= 15 is 0 Å². The molecule has 0 bridgehead atoms. The topological polar surface area (TPSA) is 95.7 Å².